The minimum atomic E-state index is 0.351. The van der Waals surface area contributed by atoms with Gasteiger partial charge < -0.3 is 5.73 Å². The van der Waals surface area contributed by atoms with E-state index in [1.807, 2.05) is 0 Å². The lowest BCUT2D eigenvalue weighted by molar-refractivity contribution is 0.552. The molecule has 0 heterocycles. The second-order valence-corrected chi connectivity index (χ2v) is 3.56. The summed E-state index contributed by atoms with van der Waals surface area (Å²) in [6.45, 7) is 8.32. The molecule has 0 aliphatic heterocycles. The Balaban J connectivity index is 3.32. The summed E-state index contributed by atoms with van der Waals surface area (Å²) in [5, 5.41) is 0. The Kier molecular flexibility index (Phi) is 7.17. The van der Waals surface area contributed by atoms with E-state index in [4.69, 9.17) is 5.73 Å². The Bertz CT molecular complexity index is 118. The Hall–Kier alpha value is -0.300. The van der Waals surface area contributed by atoms with E-state index in [1.165, 1.54) is 24.8 Å². The maximum atomic E-state index is 5.93. The van der Waals surface area contributed by atoms with Gasteiger partial charge in [-0.1, -0.05) is 45.3 Å². The lowest BCUT2D eigenvalue weighted by atomic mass is 10.0. The topological polar surface area (TPSA) is 26.0 Å². The van der Waals surface area contributed by atoms with E-state index < -0.39 is 0 Å². The first kappa shape index (κ1) is 11.7. The first-order valence-electron chi connectivity index (χ1n) is 5.12. The van der Waals surface area contributed by atoms with Crippen molar-refractivity contribution < 1.29 is 0 Å². The molecule has 1 nitrogen and oxygen atoms in total. The zero-order chi connectivity index (χ0) is 9.40. The van der Waals surface area contributed by atoms with Crippen LogP contribution in [-0.2, 0) is 0 Å². The van der Waals surface area contributed by atoms with Crippen molar-refractivity contribution in [1.82, 2.24) is 0 Å². The Morgan fingerprint density at radius 3 is 2.50 bits per heavy atom. The van der Waals surface area contributed by atoms with Crippen molar-refractivity contribution in [2.75, 3.05) is 0 Å². The van der Waals surface area contributed by atoms with Crippen LogP contribution >= 0.6 is 0 Å². The fourth-order valence-corrected chi connectivity index (χ4v) is 1.27. The van der Waals surface area contributed by atoms with E-state index in [9.17, 15) is 0 Å². The van der Waals surface area contributed by atoms with Crippen molar-refractivity contribution in [3.8, 4) is 0 Å². The van der Waals surface area contributed by atoms with Crippen LogP contribution < -0.4 is 5.73 Å². The second kappa shape index (κ2) is 7.35. The molecule has 0 aromatic carbocycles. The molecule has 72 valence electrons. The summed E-state index contributed by atoms with van der Waals surface area (Å²) in [6, 6.07) is 0.351. The van der Waals surface area contributed by atoms with Crippen LogP contribution in [0.25, 0.3) is 0 Å². The van der Waals surface area contributed by atoms with E-state index in [0.717, 1.165) is 19.3 Å². The van der Waals surface area contributed by atoms with Crippen LogP contribution in [0.15, 0.2) is 12.2 Å². The van der Waals surface area contributed by atoms with Crippen LogP contribution in [-0.4, -0.2) is 6.04 Å². The molecular formula is C11H23N. The van der Waals surface area contributed by atoms with Gasteiger partial charge in [0.25, 0.3) is 0 Å². The average Bonchev–Trinajstić information content (AvgIpc) is 2.05. The Labute approximate surface area is 77.0 Å². The van der Waals surface area contributed by atoms with Crippen LogP contribution in [0.1, 0.15) is 52.4 Å². The van der Waals surface area contributed by atoms with E-state index in [-0.39, 0.29) is 0 Å². The molecule has 0 fully saturated rings. The van der Waals surface area contributed by atoms with Gasteiger partial charge in [-0.15, -0.1) is 0 Å². The molecule has 0 aliphatic rings. The highest BCUT2D eigenvalue weighted by molar-refractivity contribution is 4.95. The molecule has 1 unspecified atom stereocenters. The minimum absolute atomic E-state index is 0.351. The van der Waals surface area contributed by atoms with E-state index in [2.05, 4.69) is 20.4 Å². The minimum Gasteiger partial charge on any atom is -0.327 e. The van der Waals surface area contributed by atoms with Crippen molar-refractivity contribution in [2.24, 2.45) is 5.73 Å². The molecule has 12 heavy (non-hydrogen) atoms. The zero-order valence-electron chi connectivity index (χ0n) is 8.60. The maximum absolute atomic E-state index is 5.93. The second-order valence-electron chi connectivity index (χ2n) is 3.56. The third kappa shape index (κ3) is 6.41. The smallest absolute Gasteiger partial charge is 0.00759 e. The molecule has 0 aliphatic carbocycles. The normalized spacial score (nSPS) is 12.9. The molecule has 2 N–H and O–H groups in total. The summed E-state index contributed by atoms with van der Waals surface area (Å²) in [5.41, 5.74) is 7.22. The molecular weight excluding hydrogens is 146 g/mol. The first-order chi connectivity index (χ1) is 5.70. The van der Waals surface area contributed by atoms with Gasteiger partial charge in [0.05, 0.1) is 0 Å². The summed E-state index contributed by atoms with van der Waals surface area (Å²) < 4.78 is 0. The number of hydrogen-bond donors (Lipinski definition) is 1. The molecule has 1 heteroatoms. The molecule has 0 saturated heterocycles. The lowest BCUT2D eigenvalue weighted by Crippen LogP contribution is -2.20. The number of rotatable bonds is 7. The molecule has 1 atom stereocenters. The molecule has 0 aromatic rings. The van der Waals surface area contributed by atoms with Crippen molar-refractivity contribution in [2.45, 2.75) is 58.4 Å². The summed E-state index contributed by atoms with van der Waals surface area (Å²) in [4.78, 5) is 0. The quantitative estimate of drug-likeness (QED) is 0.459. The number of hydrogen-bond acceptors (Lipinski definition) is 1. The van der Waals surface area contributed by atoms with Crippen molar-refractivity contribution >= 4 is 0 Å². The van der Waals surface area contributed by atoms with Gasteiger partial charge in [0.1, 0.15) is 0 Å². The maximum Gasteiger partial charge on any atom is 0.00759 e. The average molecular weight is 169 g/mol. The summed E-state index contributed by atoms with van der Waals surface area (Å²) in [5.74, 6) is 0. The Morgan fingerprint density at radius 2 is 2.00 bits per heavy atom. The van der Waals surface area contributed by atoms with Gasteiger partial charge in [-0.25, -0.2) is 0 Å². The van der Waals surface area contributed by atoms with E-state index in [1.54, 1.807) is 0 Å². The van der Waals surface area contributed by atoms with Gasteiger partial charge in [0, 0.05) is 6.04 Å². The molecule has 0 bridgehead atoms. The van der Waals surface area contributed by atoms with Crippen LogP contribution in [0.5, 0.6) is 0 Å². The molecule has 0 aromatic heterocycles. The first-order valence-corrected chi connectivity index (χ1v) is 5.12. The molecule has 0 spiro atoms. The molecule has 0 rings (SSSR count). The SMILES string of the molecule is C=C(CC)CC(N)CCCCC. The highest BCUT2D eigenvalue weighted by Gasteiger charge is 2.02. The Morgan fingerprint density at radius 1 is 1.33 bits per heavy atom. The van der Waals surface area contributed by atoms with Crippen molar-refractivity contribution in [3.63, 3.8) is 0 Å². The summed E-state index contributed by atoms with van der Waals surface area (Å²) in [7, 11) is 0. The van der Waals surface area contributed by atoms with E-state index in [0.29, 0.717) is 6.04 Å². The predicted octanol–water partition coefficient (Wildman–Crippen LogP) is 3.25. The molecule has 0 saturated carbocycles. The zero-order valence-corrected chi connectivity index (χ0v) is 8.60. The largest absolute Gasteiger partial charge is 0.327 e. The number of nitrogens with two attached hydrogens (primary N) is 1. The number of unbranched alkanes of at least 4 members (excludes halogenated alkanes) is 2. The van der Waals surface area contributed by atoms with Gasteiger partial charge >= 0.3 is 0 Å². The summed E-state index contributed by atoms with van der Waals surface area (Å²) in [6.07, 6.45) is 7.11. The fourth-order valence-electron chi connectivity index (χ4n) is 1.27. The molecule has 0 amide bonds. The van der Waals surface area contributed by atoms with Gasteiger partial charge in [-0.05, 0) is 19.3 Å². The van der Waals surface area contributed by atoms with Gasteiger partial charge in [-0.2, -0.15) is 0 Å². The van der Waals surface area contributed by atoms with Crippen molar-refractivity contribution in [1.29, 1.82) is 0 Å². The van der Waals surface area contributed by atoms with Crippen LogP contribution in [0.4, 0.5) is 0 Å². The highest BCUT2D eigenvalue weighted by atomic mass is 14.6. The van der Waals surface area contributed by atoms with Gasteiger partial charge in [0.15, 0.2) is 0 Å². The van der Waals surface area contributed by atoms with Crippen LogP contribution in [0.3, 0.4) is 0 Å². The lowest BCUT2D eigenvalue weighted by Gasteiger charge is -2.11. The van der Waals surface area contributed by atoms with E-state index >= 15 is 0 Å². The van der Waals surface area contributed by atoms with Gasteiger partial charge in [0.2, 0.25) is 0 Å². The van der Waals surface area contributed by atoms with Gasteiger partial charge in [-0.3, -0.25) is 0 Å². The monoisotopic (exact) mass is 169 g/mol. The highest BCUT2D eigenvalue weighted by Crippen LogP contribution is 2.10. The van der Waals surface area contributed by atoms with Crippen molar-refractivity contribution in [3.05, 3.63) is 12.2 Å². The summed E-state index contributed by atoms with van der Waals surface area (Å²) >= 11 is 0. The predicted molar refractivity (Wildman–Crippen MR) is 56.2 cm³/mol. The third-order valence-corrected chi connectivity index (χ3v) is 2.23. The van der Waals surface area contributed by atoms with Crippen LogP contribution in [0, 0.1) is 0 Å². The third-order valence-electron chi connectivity index (χ3n) is 2.23. The van der Waals surface area contributed by atoms with Crippen LogP contribution in [0.2, 0.25) is 0 Å². The molecule has 0 radical (unpaired) electrons. The standard InChI is InChI=1S/C11H23N/c1-4-6-7-8-11(12)9-10(3)5-2/h11H,3-9,12H2,1-2H3. The fraction of sp³-hybridized carbons (Fsp3) is 0.818.